The molecular formula is C12H17NO. The summed E-state index contributed by atoms with van der Waals surface area (Å²) in [6.45, 7) is 6.02. The summed E-state index contributed by atoms with van der Waals surface area (Å²) in [6.07, 6.45) is 2.07. The minimum absolute atomic E-state index is 0.851. The lowest BCUT2D eigenvalue weighted by Crippen LogP contribution is -2.30. The third-order valence-corrected chi connectivity index (χ3v) is 2.22. The lowest BCUT2D eigenvalue weighted by Gasteiger charge is -2.15. The topological polar surface area (TPSA) is 12.5 Å². The summed E-state index contributed by atoms with van der Waals surface area (Å²) in [7, 11) is 5.70. The number of methoxy groups -OCH3 is 1. The Morgan fingerprint density at radius 1 is 1.36 bits per heavy atom. The molecule has 0 radical (unpaired) electrons. The lowest BCUT2D eigenvalue weighted by atomic mass is 10.2. The van der Waals surface area contributed by atoms with E-state index in [0.29, 0.717) is 0 Å². The van der Waals surface area contributed by atoms with Crippen molar-refractivity contribution in [2.24, 2.45) is 0 Å². The average Bonchev–Trinajstić information content (AvgIpc) is 2.16. The molecule has 0 bridgehead atoms. The molecule has 1 aromatic carbocycles. The number of nitrogens with zero attached hydrogens (tertiary/aromatic N) is 1. The van der Waals surface area contributed by atoms with E-state index in [1.807, 2.05) is 33.2 Å². The summed E-state index contributed by atoms with van der Waals surface area (Å²) >= 11 is 0. The Hall–Kier alpha value is -1.44. The molecule has 1 rings (SSSR count). The van der Waals surface area contributed by atoms with Crippen molar-refractivity contribution in [2.45, 2.75) is 6.92 Å². The van der Waals surface area contributed by atoms with E-state index in [2.05, 4.69) is 17.6 Å². The number of anilines is 1. The van der Waals surface area contributed by atoms with Crippen LogP contribution in [0.5, 0.6) is 5.75 Å². The molecule has 0 N–H and O–H groups in total. The van der Waals surface area contributed by atoms with Crippen molar-refractivity contribution >= 4 is 18.3 Å². The van der Waals surface area contributed by atoms with Gasteiger partial charge in [-0.3, -0.25) is 0 Å². The maximum absolute atomic E-state index is 5.20. The van der Waals surface area contributed by atoms with Gasteiger partial charge in [-0.2, -0.15) is 0 Å². The molecule has 0 saturated heterocycles. The van der Waals surface area contributed by atoms with Crippen molar-refractivity contribution in [3.8, 4) is 5.75 Å². The quantitative estimate of drug-likeness (QED) is 0.690. The summed E-state index contributed by atoms with van der Waals surface area (Å²) in [5.74, 6) is 0.851. The van der Waals surface area contributed by atoms with Crippen LogP contribution in [0.4, 0.5) is 5.69 Å². The first-order chi connectivity index (χ1) is 6.60. The SMILES string of the molecule is C=c1cc(OC)cc(N(C)C)c1=CC. The Morgan fingerprint density at radius 3 is 2.43 bits per heavy atom. The summed E-state index contributed by atoms with van der Waals surface area (Å²) in [4.78, 5) is 2.06. The highest BCUT2D eigenvalue weighted by Gasteiger charge is 2.01. The van der Waals surface area contributed by atoms with Crippen LogP contribution in [-0.4, -0.2) is 21.2 Å². The molecule has 0 aliphatic carbocycles. The molecule has 14 heavy (non-hydrogen) atoms. The Morgan fingerprint density at radius 2 is 2.00 bits per heavy atom. The van der Waals surface area contributed by atoms with Gasteiger partial charge in [0.15, 0.2) is 0 Å². The normalized spacial score (nSPS) is 11.6. The maximum Gasteiger partial charge on any atom is 0.121 e. The van der Waals surface area contributed by atoms with Crippen molar-refractivity contribution < 1.29 is 4.74 Å². The minimum Gasteiger partial charge on any atom is -0.497 e. The molecule has 0 aliphatic heterocycles. The van der Waals surface area contributed by atoms with Gasteiger partial charge in [-0.05, 0) is 18.2 Å². The van der Waals surface area contributed by atoms with Gasteiger partial charge in [0.1, 0.15) is 5.75 Å². The molecule has 2 nitrogen and oxygen atoms in total. The summed E-state index contributed by atoms with van der Waals surface area (Å²) in [6, 6.07) is 3.96. The van der Waals surface area contributed by atoms with Crippen LogP contribution >= 0.6 is 0 Å². The fraction of sp³-hybridized carbons (Fsp3) is 0.333. The van der Waals surface area contributed by atoms with E-state index in [4.69, 9.17) is 4.74 Å². The van der Waals surface area contributed by atoms with Crippen LogP contribution in [0.3, 0.4) is 0 Å². The van der Waals surface area contributed by atoms with Gasteiger partial charge in [0.25, 0.3) is 0 Å². The number of rotatable bonds is 2. The Bertz CT molecular complexity index is 421. The standard InChI is InChI=1S/C12H17NO/c1-6-11-9(2)7-10(14-5)8-12(11)13(3)4/h6-8H,2H2,1,3-5H3. The molecule has 0 saturated carbocycles. The van der Waals surface area contributed by atoms with Crippen LogP contribution in [0.2, 0.25) is 0 Å². The molecule has 0 amide bonds. The van der Waals surface area contributed by atoms with E-state index < -0.39 is 0 Å². The minimum atomic E-state index is 0.851. The molecule has 0 spiro atoms. The highest BCUT2D eigenvalue weighted by Crippen LogP contribution is 2.12. The van der Waals surface area contributed by atoms with E-state index >= 15 is 0 Å². The smallest absolute Gasteiger partial charge is 0.121 e. The second kappa shape index (κ2) is 4.18. The van der Waals surface area contributed by atoms with Crippen LogP contribution in [0, 0.1) is 0 Å². The van der Waals surface area contributed by atoms with Crippen molar-refractivity contribution in [3.05, 3.63) is 22.6 Å². The van der Waals surface area contributed by atoms with Crippen molar-refractivity contribution in [1.29, 1.82) is 0 Å². The van der Waals surface area contributed by atoms with Crippen LogP contribution in [-0.2, 0) is 0 Å². The second-order valence-corrected chi connectivity index (χ2v) is 3.40. The van der Waals surface area contributed by atoms with Crippen molar-refractivity contribution in [3.63, 3.8) is 0 Å². The first-order valence-electron chi connectivity index (χ1n) is 4.60. The first kappa shape index (κ1) is 10.6. The maximum atomic E-state index is 5.20. The van der Waals surface area contributed by atoms with Gasteiger partial charge in [0, 0.05) is 31.1 Å². The van der Waals surface area contributed by atoms with Crippen LogP contribution in [0.1, 0.15) is 6.92 Å². The number of hydrogen-bond acceptors (Lipinski definition) is 2. The van der Waals surface area contributed by atoms with Crippen LogP contribution in [0.15, 0.2) is 12.1 Å². The number of hydrogen-bond donors (Lipinski definition) is 0. The summed E-state index contributed by atoms with van der Waals surface area (Å²) < 4.78 is 5.20. The van der Waals surface area contributed by atoms with Gasteiger partial charge in [-0.25, -0.2) is 0 Å². The van der Waals surface area contributed by atoms with Crippen LogP contribution < -0.4 is 20.1 Å². The van der Waals surface area contributed by atoms with Crippen molar-refractivity contribution in [1.82, 2.24) is 0 Å². The van der Waals surface area contributed by atoms with Crippen LogP contribution in [0.25, 0.3) is 12.7 Å². The highest BCUT2D eigenvalue weighted by atomic mass is 16.5. The predicted molar refractivity (Wildman–Crippen MR) is 62.2 cm³/mol. The summed E-state index contributed by atoms with van der Waals surface area (Å²) in [5, 5.41) is 2.16. The zero-order chi connectivity index (χ0) is 10.7. The largest absolute Gasteiger partial charge is 0.497 e. The molecule has 0 atom stereocenters. The molecule has 0 aliphatic rings. The van der Waals surface area contributed by atoms with Gasteiger partial charge >= 0.3 is 0 Å². The zero-order valence-electron chi connectivity index (χ0n) is 9.29. The molecule has 0 heterocycles. The lowest BCUT2D eigenvalue weighted by molar-refractivity contribution is 0.414. The van der Waals surface area contributed by atoms with E-state index in [0.717, 1.165) is 21.9 Å². The monoisotopic (exact) mass is 191 g/mol. The predicted octanol–water partition coefficient (Wildman–Crippen LogP) is 0.972. The molecule has 0 fully saturated rings. The van der Waals surface area contributed by atoms with Gasteiger partial charge in [-0.1, -0.05) is 12.7 Å². The molecule has 0 aromatic heterocycles. The van der Waals surface area contributed by atoms with Gasteiger partial charge in [-0.15, -0.1) is 0 Å². The van der Waals surface area contributed by atoms with E-state index in [9.17, 15) is 0 Å². The molecule has 1 aromatic rings. The summed E-state index contributed by atoms with van der Waals surface area (Å²) in [5.41, 5.74) is 1.14. The fourth-order valence-corrected chi connectivity index (χ4v) is 1.49. The van der Waals surface area contributed by atoms with E-state index in [1.165, 1.54) is 0 Å². The molecule has 76 valence electrons. The van der Waals surface area contributed by atoms with Gasteiger partial charge in [0.05, 0.1) is 7.11 Å². The number of ether oxygens (including phenoxy) is 1. The van der Waals surface area contributed by atoms with Gasteiger partial charge < -0.3 is 9.64 Å². The highest BCUT2D eigenvalue weighted by molar-refractivity contribution is 5.54. The fourth-order valence-electron chi connectivity index (χ4n) is 1.49. The Kier molecular flexibility index (Phi) is 3.18. The first-order valence-corrected chi connectivity index (χ1v) is 4.60. The zero-order valence-corrected chi connectivity index (χ0v) is 9.29. The third kappa shape index (κ3) is 1.90. The Labute approximate surface area is 85.1 Å². The van der Waals surface area contributed by atoms with E-state index in [1.54, 1.807) is 7.11 Å². The molecular weight excluding hydrogens is 174 g/mol. The average molecular weight is 191 g/mol. The van der Waals surface area contributed by atoms with E-state index in [-0.39, 0.29) is 0 Å². The van der Waals surface area contributed by atoms with Gasteiger partial charge in [0.2, 0.25) is 0 Å². The Balaban J connectivity index is 3.53. The molecule has 2 heteroatoms. The number of benzene rings is 1. The third-order valence-electron chi connectivity index (χ3n) is 2.22. The molecule has 0 unspecified atom stereocenters. The van der Waals surface area contributed by atoms with Crippen molar-refractivity contribution in [2.75, 3.05) is 26.1 Å². The second-order valence-electron chi connectivity index (χ2n) is 3.40.